The number of nitrogens with zero attached hydrogens (tertiary/aromatic N) is 6. The van der Waals surface area contributed by atoms with Crippen LogP contribution in [0.4, 0.5) is 23.7 Å². The number of likely N-dealkylation sites (tertiary alicyclic amines) is 2. The predicted molar refractivity (Wildman–Crippen MR) is 191 cm³/mol. The molecule has 2 aromatic carbocycles. The number of amides is 1. The zero-order valence-electron chi connectivity index (χ0n) is 30.4. The van der Waals surface area contributed by atoms with Crippen molar-refractivity contribution in [2.24, 2.45) is 5.41 Å². The Kier molecular flexibility index (Phi) is 10.2. The van der Waals surface area contributed by atoms with E-state index in [1.807, 2.05) is 11.0 Å². The number of nitrogens with one attached hydrogen (secondary N) is 1. The number of hydrogen-bond donors (Lipinski definition) is 1. The van der Waals surface area contributed by atoms with Crippen LogP contribution in [0.2, 0.25) is 0 Å². The summed E-state index contributed by atoms with van der Waals surface area (Å²) >= 11 is 0. The maximum atomic E-state index is 15.4. The zero-order chi connectivity index (χ0) is 38.5. The summed E-state index contributed by atoms with van der Waals surface area (Å²) in [4.78, 5) is 33.6. The molecule has 3 heterocycles. The molecule has 1 amide bonds. The van der Waals surface area contributed by atoms with E-state index in [1.54, 1.807) is 32.3 Å². The van der Waals surface area contributed by atoms with Crippen molar-refractivity contribution in [3.63, 3.8) is 0 Å². The van der Waals surface area contributed by atoms with E-state index in [2.05, 4.69) is 9.71 Å². The van der Waals surface area contributed by atoms with E-state index in [1.165, 1.54) is 31.6 Å². The largest absolute Gasteiger partial charge is 0.453 e. The summed E-state index contributed by atoms with van der Waals surface area (Å²) in [6.07, 6.45) is 3.69. The van der Waals surface area contributed by atoms with E-state index in [4.69, 9.17) is 9.47 Å². The molecule has 3 aromatic rings. The average Bonchev–Trinajstić information content (AvgIpc) is 3.07. The molecule has 1 atom stereocenters. The molecular formula is C36H44F3N7O6S. The predicted octanol–water partition coefficient (Wildman–Crippen LogP) is 5.87. The lowest BCUT2D eigenvalue weighted by atomic mass is 9.60. The number of halogens is 3. The highest BCUT2D eigenvalue weighted by molar-refractivity contribution is 7.90. The van der Waals surface area contributed by atoms with Crippen molar-refractivity contribution in [1.82, 2.24) is 23.7 Å². The quantitative estimate of drug-likeness (QED) is 0.298. The van der Waals surface area contributed by atoms with Crippen molar-refractivity contribution in [3.05, 3.63) is 58.4 Å². The summed E-state index contributed by atoms with van der Waals surface area (Å²) in [5, 5.41) is 10.1. The molecule has 0 radical (unpaired) electrons. The van der Waals surface area contributed by atoms with Crippen LogP contribution in [0, 0.1) is 22.6 Å². The van der Waals surface area contributed by atoms with Gasteiger partial charge in [-0.05, 0) is 102 Å². The molecule has 1 spiro atoms. The smallest absolute Gasteiger partial charge is 0.410 e. The number of rotatable bonds is 8. The van der Waals surface area contributed by atoms with Crippen molar-refractivity contribution in [1.29, 1.82) is 5.26 Å². The molecule has 2 aliphatic heterocycles. The minimum Gasteiger partial charge on any atom is -0.453 e. The van der Waals surface area contributed by atoms with Crippen molar-refractivity contribution < 1.29 is 35.9 Å². The van der Waals surface area contributed by atoms with Crippen molar-refractivity contribution in [2.45, 2.75) is 83.4 Å². The zero-order valence-corrected chi connectivity index (χ0v) is 31.2. The number of carbonyl (C=O) groups excluding carboxylic acids is 1. The normalized spacial score (nSPS) is 20.6. The van der Waals surface area contributed by atoms with Gasteiger partial charge in [-0.2, -0.15) is 18.0 Å². The number of benzene rings is 2. The number of nitriles is 1. The second-order valence-corrected chi connectivity index (χ2v) is 17.0. The summed E-state index contributed by atoms with van der Waals surface area (Å²) in [6, 6.07) is 7.22. The highest BCUT2D eigenvalue weighted by Gasteiger charge is 2.53. The summed E-state index contributed by atoms with van der Waals surface area (Å²) in [7, 11) is -2.67. The lowest BCUT2D eigenvalue weighted by Gasteiger charge is -2.54. The van der Waals surface area contributed by atoms with Gasteiger partial charge >= 0.3 is 16.3 Å². The topological polar surface area (TPSA) is 150 Å². The minimum atomic E-state index is -4.02. The van der Waals surface area contributed by atoms with Crippen LogP contribution in [0.25, 0.3) is 10.9 Å². The van der Waals surface area contributed by atoms with Crippen molar-refractivity contribution in [2.75, 3.05) is 44.5 Å². The van der Waals surface area contributed by atoms with Gasteiger partial charge in [0.1, 0.15) is 23.0 Å². The molecule has 1 N–H and O–H groups in total. The van der Waals surface area contributed by atoms with Gasteiger partial charge in [0.15, 0.2) is 11.6 Å². The summed E-state index contributed by atoms with van der Waals surface area (Å²) in [5.74, 6) is -4.45. The van der Waals surface area contributed by atoms with Crippen LogP contribution >= 0.6 is 0 Å². The molecule has 0 bridgehead atoms. The van der Waals surface area contributed by atoms with Gasteiger partial charge < -0.3 is 14.4 Å². The van der Waals surface area contributed by atoms with E-state index in [0.29, 0.717) is 44.3 Å². The van der Waals surface area contributed by atoms with Crippen molar-refractivity contribution in [3.8, 4) is 17.6 Å². The van der Waals surface area contributed by atoms with E-state index in [-0.39, 0.29) is 58.9 Å². The lowest BCUT2D eigenvalue weighted by molar-refractivity contribution is -0.139. The molecule has 17 heteroatoms. The SMILES string of the molecule is CCN(C)S(=O)(=O)Nc1ccc(F)c(Oc2ccc3ncn(C4CC5(CCN(C6CCN(C(=O)OC(C)(C)C)CC6(F)F)CC5)C4)c(=O)c3c2)c1C#N. The monoisotopic (exact) mass is 759 g/mol. The Morgan fingerprint density at radius 3 is 2.47 bits per heavy atom. The summed E-state index contributed by atoms with van der Waals surface area (Å²) in [6.45, 7) is 7.39. The van der Waals surface area contributed by atoms with Crippen molar-refractivity contribution >= 4 is 32.9 Å². The number of alkyl halides is 2. The Hall–Kier alpha value is -4.40. The second-order valence-electron chi connectivity index (χ2n) is 15.2. The summed E-state index contributed by atoms with van der Waals surface area (Å²) in [5.41, 5.74) is -1.35. The van der Waals surface area contributed by atoms with Gasteiger partial charge in [-0.15, -0.1) is 0 Å². The first-order valence-corrected chi connectivity index (χ1v) is 19.0. The molecular weight excluding hydrogens is 716 g/mol. The molecule has 3 aliphatic rings. The fourth-order valence-corrected chi connectivity index (χ4v) is 8.46. The van der Waals surface area contributed by atoms with Crippen LogP contribution in [-0.2, 0) is 14.9 Å². The van der Waals surface area contributed by atoms with Crippen LogP contribution in [0.1, 0.15) is 71.4 Å². The third-order valence-corrected chi connectivity index (χ3v) is 12.1. The third kappa shape index (κ3) is 7.81. The number of fused-ring (bicyclic) bond motifs is 1. The van der Waals surface area contributed by atoms with Gasteiger partial charge in [-0.3, -0.25) is 19.0 Å². The second kappa shape index (κ2) is 14.1. The number of piperidine rings is 2. The maximum Gasteiger partial charge on any atom is 0.410 e. The van der Waals surface area contributed by atoms with E-state index in [9.17, 15) is 23.3 Å². The Morgan fingerprint density at radius 1 is 1.15 bits per heavy atom. The first kappa shape index (κ1) is 38.3. The molecule has 1 aromatic heterocycles. The Balaban J connectivity index is 1.12. The highest BCUT2D eigenvalue weighted by Crippen LogP contribution is 2.55. The standard InChI is InChI=1S/C36H44F3N7O6S/c1-6-43(5)53(49,50)42-29-10-8-27(37)31(26(29)20-40)51-24-7-9-28-25(17-24)32(47)46(22-41-28)23-18-35(19-23)12-15-44(16-13-35)30-11-14-45(21-36(30,38)39)33(48)52-34(2,3)4/h7-10,17,22-23,30,42H,6,11-16,18-19,21H2,1-5H3. The maximum absolute atomic E-state index is 15.4. The van der Waals surface area contributed by atoms with Crippen LogP contribution in [-0.4, -0.2) is 95.5 Å². The van der Waals surface area contributed by atoms with Crippen LogP contribution in [0.5, 0.6) is 11.5 Å². The molecule has 1 unspecified atom stereocenters. The molecule has 6 rings (SSSR count). The Labute approximate surface area is 306 Å². The number of aromatic nitrogens is 2. The molecule has 3 fully saturated rings. The number of carbonyl (C=O) groups is 1. The molecule has 13 nitrogen and oxygen atoms in total. The fourth-order valence-electron chi connectivity index (χ4n) is 7.51. The summed E-state index contributed by atoms with van der Waals surface area (Å²) < 4.78 is 86.9. The van der Waals surface area contributed by atoms with Crippen LogP contribution in [0.15, 0.2) is 41.5 Å². The number of ether oxygens (including phenoxy) is 2. The molecule has 286 valence electrons. The van der Waals surface area contributed by atoms with E-state index >= 15 is 13.2 Å². The Bertz CT molecular complexity index is 2100. The third-order valence-electron chi connectivity index (χ3n) is 10.5. The fraction of sp³-hybridized carbons (Fsp3) is 0.556. The van der Waals surface area contributed by atoms with E-state index < -0.39 is 52.0 Å². The number of hydrogen-bond acceptors (Lipinski definition) is 9. The van der Waals surface area contributed by atoms with Gasteiger partial charge in [0.05, 0.1) is 35.5 Å². The van der Waals surface area contributed by atoms with Gasteiger partial charge in [0, 0.05) is 26.2 Å². The van der Waals surface area contributed by atoms with Gasteiger partial charge in [-0.1, -0.05) is 6.92 Å². The number of anilines is 1. The van der Waals surface area contributed by atoms with Gasteiger partial charge in [0.2, 0.25) is 0 Å². The molecule has 53 heavy (non-hydrogen) atoms. The first-order chi connectivity index (χ1) is 24.8. The minimum absolute atomic E-state index is 0.0430. The van der Waals surface area contributed by atoms with E-state index in [0.717, 1.165) is 21.3 Å². The van der Waals surface area contributed by atoms with Crippen LogP contribution < -0.4 is 15.0 Å². The van der Waals surface area contributed by atoms with Gasteiger partial charge in [-0.25, -0.2) is 22.9 Å². The Morgan fingerprint density at radius 2 is 1.85 bits per heavy atom. The molecule has 1 saturated carbocycles. The molecule has 1 aliphatic carbocycles. The highest BCUT2D eigenvalue weighted by atomic mass is 32.2. The first-order valence-electron chi connectivity index (χ1n) is 17.6. The van der Waals surface area contributed by atoms with Gasteiger partial charge in [0.25, 0.3) is 11.5 Å². The average molecular weight is 760 g/mol. The molecule has 2 saturated heterocycles. The van der Waals surface area contributed by atoms with Crippen LogP contribution in [0.3, 0.4) is 0 Å². The lowest BCUT2D eigenvalue weighted by Crippen LogP contribution is -2.62.